The van der Waals surface area contributed by atoms with Crippen LogP contribution in [0, 0.1) is 5.41 Å². The Labute approximate surface area is 195 Å². The van der Waals surface area contributed by atoms with Crippen LogP contribution in [0.25, 0.3) is 22.4 Å². The Morgan fingerprint density at radius 3 is 1.94 bits per heavy atom. The van der Waals surface area contributed by atoms with E-state index in [1.54, 1.807) is 62.4 Å². The minimum Gasteiger partial charge on any atom is -0.481 e. The molecular formula is C24H22Cl2N2O4. The zero-order chi connectivity index (χ0) is 23.6. The molecule has 0 aliphatic heterocycles. The molecule has 6 nitrogen and oxygen atoms in total. The van der Waals surface area contributed by atoms with E-state index in [-0.39, 0.29) is 18.5 Å². The summed E-state index contributed by atoms with van der Waals surface area (Å²) in [4.78, 5) is 37.4. The van der Waals surface area contributed by atoms with E-state index in [4.69, 9.17) is 23.2 Å². The lowest BCUT2D eigenvalue weighted by molar-refractivity contribution is -0.147. The number of benzene rings is 2. The number of aliphatic carboxylic acids is 1. The van der Waals surface area contributed by atoms with Crippen molar-refractivity contribution < 1.29 is 14.7 Å². The van der Waals surface area contributed by atoms with Crippen molar-refractivity contribution in [3.8, 4) is 22.4 Å². The fourth-order valence-corrected chi connectivity index (χ4v) is 3.50. The highest BCUT2D eigenvalue weighted by Crippen LogP contribution is 2.34. The summed E-state index contributed by atoms with van der Waals surface area (Å²) in [5.41, 5.74) is 0.450. The molecule has 0 radical (unpaired) electrons. The number of carboxylic acids is 1. The summed E-state index contributed by atoms with van der Waals surface area (Å²) in [6.45, 7) is 4.52. The first-order valence-corrected chi connectivity index (χ1v) is 10.7. The smallest absolute Gasteiger partial charge is 0.309 e. The molecule has 166 valence electrons. The van der Waals surface area contributed by atoms with Crippen LogP contribution in [0.1, 0.15) is 37.6 Å². The minimum atomic E-state index is -1.06. The molecule has 0 unspecified atom stereocenters. The molecule has 0 spiro atoms. The molecule has 1 heterocycles. The van der Waals surface area contributed by atoms with Crippen molar-refractivity contribution in [1.29, 1.82) is 0 Å². The summed E-state index contributed by atoms with van der Waals surface area (Å²) in [7, 11) is 0. The number of carbonyl (C=O) groups excluding carboxylic acids is 1. The van der Waals surface area contributed by atoms with Crippen LogP contribution >= 0.6 is 23.2 Å². The zero-order valence-corrected chi connectivity index (χ0v) is 19.4. The minimum absolute atomic E-state index is 0.0135. The Morgan fingerprint density at radius 1 is 0.969 bits per heavy atom. The maximum absolute atomic E-state index is 13.3. The molecule has 8 heteroatoms. The number of hydrogen-bond donors (Lipinski definition) is 1. The highest BCUT2D eigenvalue weighted by molar-refractivity contribution is 6.31. The van der Waals surface area contributed by atoms with Gasteiger partial charge in [-0.05, 0) is 57.0 Å². The van der Waals surface area contributed by atoms with Gasteiger partial charge in [0.05, 0.1) is 16.7 Å². The van der Waals surface area contributed by atoms with E-state index < -0.39 is 22.7 Å². The fraction of sp³-hybridized carbons (Fsp3) is 0.250. The van der Waals surface area contributed by atoms with E-state index in [1.165, 1.54) is 11.6 Å². The van der Waals surface area contributed by atoms with Crippen molar-refractivity contribution in [1.82, 2.24) is 9.78 Å². The molecule has 0 saturated carbocycles. The summed E-state index contributed by atoms with van der Waals surface area (Å²) in [5, 5.41) is 15.0. The van der Waals surface area contributed by atoms with Crippen LogP contribution in [0.5, 0.6) is 0 Å². The molecule has 0 amide bonds. The molecular weight excluding hydrogens is 451 g/mol. The molecule has 1 N–H and O–H groups in total. The van der Waals surface area contributed by atoms with Gasteiger partial charge < -0.3 is 5.11 Å². The zero-order valence-electron chi connectivity index (χ0n) is 17.9. The quantitative estimate of drug-likeness (QED) is 0.452. The number of hydrogen-bond acceptors (Lipinski definition) is 4. The second-order valence-electron chi connectivity index (χ2n) is 8.14. The number of nitrogens with zero attached hydrogens (tertiary/aromatic N) is 2. The van der Waals surface area contributed by atoms with Gasteiger partial charge >= 0.3 is 5.97 Å². The maximum Gasteiger partial charge on any atom is 0.309 e. The fourth-order valence-electron chi connectivity index (χ4n) is 3.25. The summed E-state index contributed by atoms with van der Waals surface area (Å²) >= 11 is 12.1. The van der Waals surface area contributed by atoms with Crippen molar-refractivity contribution in [2.75, 3.05) is 0 Å². The Bertz CT molecular complexity index is 1230. The van der Waals surface area contributed by atoms with Crippen LogP contribution in [-0.2, 0) is 11.3 Å². The first kappa shape index (κ1) is 23.7. The molecule has 2 aromatic carbocycles. The largest absolute Gasteiger partial charge is 0.481 e. The van der Waals surface area contributed by atoms with E-state index in [9.17, 15) is 19.5 Å². The van der Waals surface area contributed by atoms with Gasteiger partial charge in [-0.1, -0.05) is 47.5 Å². The first-order chi connectivity index (χ1) is 15.0. The van der Waals surface area contributed by atoms with E-state index in [2.05, 4.69) is 5.10 Å². The summed E-state index contributed by atoms with van der Waals surface area (Å²) < 4.78 is 1.17. The molecule has 0 saturated heterocycles. The van der Waals surface area contributed by atoms with E-state index >= 15 is 0 Å². The Balaban J connectivity index is 2.29. The number of rotatable bonds is 7. The topological polar surface area (TPSA) is 89.3 Å². The lowest BCUT2D eigenvalue weighted by atomic mass is 9.89. The van der Waals surface area contributed by atoms with Crippen molar-refractivity contribution in [3.63, 3.8) is 0 Å². The lowest BCUT2D eigenvalue weighted by Gasteiger charge is -2.21. The molecule has 0 atom stereocenters. The van der Waals surface area contributed by atoms with E-state index in [0.717, 1.165) is 0 Å². The van der Waals surface area contributed by atoms with Crippen LogP contribution in [-0.4, -0.2) is 26.6 Å². The maximum atomic E-state index is 13.3. The van der Waals surface area contributed by atoms with E-state index in [0.29, 0.717) is 32.4 Å². The number of carboxylic acid groups (broad SMARTS) is 1. The summed E-state index contributed by atoms with van der Waals surface area (Å²) in [5.74, 6) is -1.39. The van der Waals surface area contributed by atoms with Crippen LogP contribution < -0.4 is 5.56 Å². The number of aryl methyl sites for hydroxylation is 1. The van der Waals surface area contributed by atoms with Gasteiger partial charge in [0.25, 0.3) is 5.56 Å². The standard InChI is InChI=1S/C24H22Cl2N2O4/c1-14(29)19-20(15-4-8-17(25)9-5-15)21(16-6-10-18(26)11-7-16)27-28(22(19)30)13-12-24(2,3)23(31)32/h4-11H,12-13H2,1-3H3,(H,31,32). The highest BCUT2D eigenvalue weighted by atomic mass is 35.5. The Morgan fingerprint density at radius 2 is 1.47 bits per heavy atom. The van der Waals surface area contributed by atoms with Gasteiger partial charge in [-0.15, -0.1) is 0 Å². The summed E-state index contributed by atoms with van der Waals surface area (Å²) in [6.07, 6.45) is 0.160. The van der Waals surface area contributed by atoms with Crippen molar-refractivity contribution in [2.24, 2.45) is 5.41 Å². The third kappa shape index (κ3) is 4.92. The molecule has 1 aromatic heterocycles. The van der Waals surface area contributed by atoms with Gasteiger partial charge in [0.15, 0.2) is 5.78 Å². The molecule has 0 aliphatic carbocycles. The molecule has 0 fully saturated rings. The SMILES string of the molecule is CC(=O)c1c(-c2ccc(Cl)cc2)c(-c2ccc(Cl)cc2)nn(CCC(C)(C)C(=O)O)c1=O. The number of aromatic nitrogens is 2. The predicted molar refractivity (Wildman–Crippen MR) is 125 cm³/mol. The van der Waals surface area contributed by atoms with Gasteiger partial charge in [0.2, 0.25) is 0 Å². The van der Waals surface area contributed by atoms with Gasteiger partial charge in [-0.3, -0.25) is 14.4 Å². The van der Waals surface area contributed by atoms with E-state index in [1.807, 2.05) is 0 Å². The van der Waals surface area contributed by atoms with Crippen LogP contribution in [0.3, 0.4) is 0 Å². The monoisotopic (exact) mass is 472 g/mol. The third-order valence-corrected chi connectivity index (χ3v) is 5.79. The van der Waals surface area contributed by atoms with Crippen LogP contribution in [0.15, 0.2) is 53.3 Å². The average Bonchev–Trinajstić information content (AvgIpc) is 2.73. The number of Topliss-reactive ketones (excluding diaryl/α,β-unsaturated/α-hetero) is 1. The number of halogens is 2. The predicted octanol–water partition coefficient (Wildman–Crippen LogP) is 5.59. The molecule has 0 bridgehead atoms. The second-order valence-corrected chi connectivity index (χ2v) is 9.01. The van der Waals surface area contributed by atoms with Gasteiger partial charge in [-0.2, -0.15) is 5.10 Å². The normalized spacial score (nSPS) is 11.4. The second kappa shape index (κ2) is 9.27. The van der Waals surface area contributed by atoms with Gasteiger partial charge in [0.1, 0.15) is 0 Å². The van der Waals surface area contributed by atoms with Crippen molar-refractivity contribution >= 4 is 35.0 Å². The molecule has 0 aliphatic rings. The molecule has 3 aromatic rings. The van der Waals surface area contributed by atoms with Gasteiger partial charge in [0, 0.05) is 27.7 Å². The Kier molecular flexibility index (Phi) is 6.86. The van der Waals surface area contributed by atoms with Crippen molar-refractivity contribution in [2.45, 2.75) is 33.7 Å². The number of ketones is 1. The first-order valence-electron chi connectivity index (χ1n) is 9.92. The third-order valence-electron chi connectivity index (χ3n) is 5.29. The highest BCUT2D eigenvalue weighted by Gasteiger charge is 2.28. The average molecular weight is 473 g/mol. The molecule has 3 rings (SSSR count). The van der Waals surface area contributed by atoms with Crippen LogP contribution in [0.4, 0.5) is 0 Å². The summed E-state index contributed by atoms with van der Waals surface area (Å²) in [6, 6.07) is 13.7. The molecule has 32 heavy (non-hydrogen) atoms. The number of carbonyl (C=O) groups is 2. The van der Waals surface area contributed by atoms with Crippen molar-refractivity contribution in [3.05, 3.63) is 74.5 Å². The Hall–Kier alpha value is -2.96. The van der Waals surface area contributed by atoms with Crippen LogP contribution in [0.2, 0.25) is 10.0 Å². The lowest BCUT2D eigenvalue weighted by Crippen LogP contribution is -2.33. The van der Waals surface area contributed by atoms with Gasteiger partial charge in [-0.25, -0.2) is 4.68 Å².